The molecule has 9 nitrogen and oxygen atoms in total. The summed E-state index contributed by atoms with van der Waals surface area (Å²) < 4.78 is 18.1. The topological polar surface area (TPSA) is 118 Å². The number of nitrogens with one attached hydrogen (secondary N) is 1. The maximum Gasteiger partial charge on any atom is 0.303 e. The third kappa shape index (κ3) is 8.52. The molecule has 3 N–H and O–H groups in total. The number of carbonyl (C=O) groups is 2. The second-order valence-corrected chi connectivity index (χ2v) is 11.6. The number of esters is 1. The lowest BCUT2D eigenvalue weighted by Crippen LogP contribution is -2.46. The van der Waals surface area contributed by atoms with E-state index in [1.165, 1.54) is 13.8 Å². The van der Waals surface area contributed by atoms with Gasteiger partial charge >= 0.3 is 5.97 Å². The average molecular weight is 605 g/mol. The number of hydrogen-bond donors (Lipinski definition) is 3. The highest BCUT2D eigenvalue weighted by molar-refractivity contribution is 5.82. The Morgan fingerprint density at radius 1 is 0.932 bits per heavy atom. The third-order valence-electron chi connectivity index (χ3n) is 8.32. The molecule has 1 amide bonds. The summed E-state index contributed by atoms with van der Waals surface area (Å²) in [7, 11) is 1.99. The quantitative estimate of drug-likeness (QED) is 0.257. The maximum atomic E-state index is 12.2. The van der Waals surface area contributed by atoms with Gasteiger partial charge in [0.1, 0.15) is 0 Å². The number of nitrogens with zero attached hydrogens (tertiary/aromatic N) is 1. The molecule has 3 aromatic rings. The number of carbonyl (C=O) groups excluding carboxylic acids is 2. The molecule has 0 bridgehead atoms. The standard InChI is InChI=1S/C35H44N2O7/c1-22-31(20-37(5)23(2)32(40)28-9-7-6-8-10-28)43-35(44-33(22)29-15-13-27(21-38)14-16-29)30-17-11-26(12-18-30)19-36-34(41)24(3)42-25(4)39/h6-18,22-24,31-33,35,38,40H,19-21H2,1-5H3,(H,36,41)/t22-,23-,24+,31+,32-,33+,35+/m1/s1. The molecule has 236 valence electrons. The van der Waals surface area contributed by atoms with Crippen LogP contribution in [0.1, 0.15) is 74.0 Å². The second-order valence-electron chi connectivity index (χ2n) is 11.6. The zero-order valence-electron chi connectivity index (χ0n) is 26.1. The van der Waals surface area contributed by atoms with E-state index in [-0.39, 0.29) is 43.2 Å². The summed E-state index contributed by atoms with van der Waals surface area (Å²) in [5, 5.41) is 23.4. The van der Waals surface area contributed by atoms with E-state index in [1.54, 1.807) is 0 Å². The Labute approximate surface area is 259 Å². The van der Waals surface area contributed by atoms with Crippen LogP contribution in [0.4, 0.5) is 0 Å². The van der Waals surface area contributed by atoms with Crippen LogP contribution in [0.2, 0.25) is 0 Å². The first-order valence-corrected chi connectivity index (χ1v) is 15.0. The van der Waals surface area contributed by atoms with Crippen LogP contribution in [0.25, 0.3) is 0 Å². The number of aliphatic hydroxyl groups is 2. The molecule has 1 saturated heterocycles. The maximum absolute atomic E-state index is 12.2. The van der Waals surface area contributed by atoms with Crippen molar-refractivity contribution in [2.45, 2.75) is 77.6 Å². The van der Waals surface area contributed by atoms with E-state index >= 15 is 0 Å². The normalized spacial score (nSPS) is 22.2. The lowest BCUT2D eigenvalue weighted by molar-refractivity contribution is -0.276. The summed E-state index contributed by atoms with van der Waals surface area (Å²) in [4.78, 5) is 25.5. The van der Waals surface area contributed by atoms with Gasteiger partial charge in [-0.25, -0.2) is 0 Å². The summed E-state index contributed by atoms with van der Waals surface area (Å²) in [6.07, 6.45) is -2.65. The van der Waals surface area contributed by atoms with Crippen LogP contribution >= 0.6 is 0 Å². The van der Waals surface area contributed by atoms with Gasteiger partial charge in [-0.1, -0.05) is 85.8 Å². The number of likely N-dealkylation sites (N-methyl/N-ethyl adjacent to an activating group) is 1. The number of rotatable bonds is 12. The van der Waals surface area contributed by atoms with Crippen LogP contribution in [0, 0.1) is 5.92 Å². The zero-order valence-corrected chi connectivity index (χ0v) is 26.1. The van der Waals surface area contributed by atoms with Crippen molar-refractivity contribution in [1.29, 1.82) is 0 Å². The summed E-state index contributed by atoms with van der Waals surface area (Å²) in [5.41, 5.74) is 4.40. The van der Waals surface area contributed by atoms with Crippen LogP contribution < -0.4 is 5.32 Å². The fraction of sp³-hybridized carbons (Fsp3) is 0.429. The fourth-order valence-corrected chi connectivity index (χ4v) is 5.38. The van der Waals surface area contributed by atoms with Crippen LogP contribution in [0.5, 0.6) is 0 Å². The number of benzene rings is 3. The molecule has 9 heteroatoms. The molecule has 1 aliphatic heterocycles. The summed E-state index contributed by atoms with van der Waals surface area (Å²) in [6, 6.07) is 24.9. The Balaban J connectivity index is 1.50. The fourth-order valence-electron chi connectivity index (χ4n) is 5.38. The molecular formula is C35H44N2O7. The SMILES string of the molecule is CC(=O)O[C@@H](C)C(=O)NCc1ccc([C@H]2O[C@@H](CN(C)[C@H](C)[C@@H](O)c3ccccc3)[C@@H](C)[C@@H](c3ccc(CO)cc3)O2)cc1. The second kappa shape index (κ2) is 15.4. The van der Waals surface area contributed by atoms with Crippen LogP contribution in [0.3, 0.4) is 0 Å². The van der Waals surface area contributed by atoms with Crippen molar-refractivity contribution in [3.63, 3.8) is 0 Å². The molecule has 4 rings (SSSR count). The Morgan fingerprint density at radius 3 is 2.16 bits per heavy atom. The van der Waals surface area contributed by atoms with Crippen molar-refractivity contribution in [3.05, 3.63) is 107 Å². The lowest BCUT2D eigenvalue weighted by Gasteiger charge is -2.43. The van der Waals surface area contributed by atoms with Crippen LogP contribution in [0.15, 0.2) is 78.9 Å². The molecule has 44 heavy (non-hydrogen) atoms. The van der Waals surface area contributed by atoms with E-state index in [0.717, 1.165) is 27.8 Å². The van der Waals surface area contributed by atoms with E-state index in [0.29, 0.717) is 6.54 Å². The van der Waals surface area contributed by atoms with E-state index in [1.807, 2.05) is 92.8 Å². The highest BCUT2D eigenvalue weighted by Gasteiger charge is 2.39. The van der Waals surface area contributed by atoms with Gasteiger partial charge < -0.3 is 29.7 Å². The number of hydrogen-bond acceptors (Lipinski definition) is 8. The molecule has 1 heterocycles. The Morgan fingerprint density at radius 2 is 1.55 bits per heavy atom. The molecule has 0 aromatic heterocycles. The molecule has 0 radical (unpaired) electrons. The van der Waals surface area contributed by atoms with Crippen molar-refractivity contribution in [1.82, 2.24) is 10.2 Å². The van der Waals surface area contributed by atoms with E-state index in [9.17, 15) is 19.8 Å². The van der Waals surface area contributed by atoms with Gasteiger partial charge in [0.05, 0.1) is 24.9 Å². The van der Waals surface area contributed by atoms with Gasteiger partial charge in [0.15, 0.2) is 12.4 Å². The predicted molar refractivity (Wildman–Crippen MR) is 166 cm³/mol. The third-order valence-corrected chi connectivity index (χ3v) is 8.32. The Hall–Kier alpha value is -3.60. The van der Waals surface area contributed by atoms with Crippen molar-refractivity contribution in [2.24, 2.45) is 5.92 Å². The van der Waals surface area contributed by atoms with E-state index in [4.69, 9.17) is 14.2 Å². The van der Waals surface area contributed by atoms with Gasteiger partial charge in [-0.15, -0.1) is 0 Å². The van der Waals surface area contributed by atoms with E-state index < -0.39 is 24.5 Å². The largest absolute Gasteiger partial charge is 0.453 e. The van der Waals surface area contributed by atoms with Crippen LogP contribution in [-0.4, -0.2) is 58.8 Å². The Bertz CT molecular complexity index is 1350. The smallest absolute Gasteiger partial charge is 0.303 e. The molecule has 7 atom stereocenters. The van der Waals surface area contributed by atoms with E-state index in [2.05, 4.69) is 17.1 Å². The highest BCUT2D eigenvalue weighted by atomic mass is 16.7. The molecule has 0 saturated carbocycles. The van der Waals surface area contributed by atoms with Crippen molar-refractivity contribution >= 4 is 11.9 Å². The summed E-state index contributed by atoms with van der Waals surface area (Å²) in [5.74, 6) is -0.887. The molecule has 0 spiro atoms. The van der Waals surface area contributed by atoms with Gasteiger partial charge in [0, 0.05) is 37.5 Å². The number of ether oxygens (including phenoxy) is 3. The van der Waals surface area contributed by atoms with Crippen molar-refractivity contribution in [2.75, 3.05) is 13.6 Å². The summed E-state index contributed by atoms with van der Waals surface area (Å²) >= 11 is 0. The Kier molecular flexibility index (Phi) is 11.7. The van der Waals surface area contributed by atoms with Crippen LogP contribution in [-0.2, 0) is 37.0 Å². The highest BCUT2D eigenvalue weighted by Crippen LogP contribution is 2.42. The number of amides is 1. The zero-order chi connectivity index (χ0) is 31.8. The number of aliphatic hydroxyl groups excluding tert-OH is 2. The summed E-state index contributed by atoms with van der Waals surface area (Å²) in [6.45, 7) is 7.74. The molecule has 1 fully saturated rings. The monoisotopic (exact) mass is 604 g/mol. The molecule has 1 aliphatic rings. The molecule has 0 unspecified atom stereocenters. The minimum absolute atomic E-state index is 0.0107. The lowest BCUT2D eigenvalue weighted by atomic mass is 9.89. The molecular weight excluding hydrogens is 560 g/mol. The molecule has 0 aliphatic carbocycles. The van der Waals surface area contributed by atoms with Gasteiger partial charge in [0.2, 0.25) is 0 Å². The first kappa shape index (κ1) is 33.3. The van der Waals surface area contributed by atoms with Gasteiger partial charge in [-0.05, 0) is 43.1 Å². The van der Waals surface area contributed by atoms with Gasteiger partial charge in [-0.3, -0.25) is 14.5 Å². The minimum Gasteiger partial charge on any atom is -0.453 e. The average Bonchev–Trinajstić information content (AvgIpc) is 3.04. The van der Waals surface area contributed by atoms with Crippen molar-refractivity contribution in [3.8, 4) is 0 Å². The molecule has 3 aromatic carbocycles. The van der Waals surface area contributed by atoms with Crippen molar-refractivity contribution < 1.29 is 34.0 Å². The first-order chi connectivity index (χ1) is 21.1. The van der Waals surface area contributed by atoms with Gasteiger partial charge in [0.25, 0.3) is 5.91 Å². The predicted octanol–water partition coefficient (Wildman–Crippen LogP) is 4.59. The minimum atomic E-state index is -0.868. The van der Waals surface area contributed by atoms with Gasteiger partial charge in [-0.2, -0.15) is 0 Å². The first-order valence-electron chi connectivity index (χ1n) is 15.0.